The monoisotopic (exact) mass is 526 g/mol. The molecule has 0 radical (unpaired) electrons. The molecule has 1 heterocycles. The van der Waals surface area contributed by atoms with Crippen molar-refractivity contribution >= 4 is 17.7 Å². The number of nitrogens with zero attached hydrogens (tertiary/aromatic N) is 1. The molecule has 3 aromatic rings. The van der Waals surface area contributed by atoms with E-state index >= 15 is 8.78 Å². The molecule has 9 heteroatoms. The number of fused-ring (bicyclic) bond motifs is 1. The van der Waals surface area contributed by atoms with Crippen molar-refractivity contribution in [1.82, 2.24) is 5.32 Å². The number of ether oxygens (including phenoxy) is 3. The van der Waals surface area contributed by atoms with E-state index in [2.05, 4.69) is 5.32 Å². The Morgan fingerprint density at radius 3 is 2.51 bits per heavy atom. The molecule has 0 fully saturated rings. The third-order valence-corrected chi connectivity index (χ3v) is 6.34. The summed E-state index contributed by atoms with van der Waals surface area (Å²) in [6.07, 6.45) is -0.559. The molecule has 1 atom stereocenters. The van der Waals surface area contributed by atoms with Crippen LogP contribution in [0.5, 0.6) is 11.5 Å². The third-order valence-electron chi connectivity index (χ3n) is 5.97. The molecule has 1 unspecified atom stereocenters. The minimum absolute atomic E-state index is 0.000286. The Morgan fingerprint density at radius 2 is 1.89 bits per heavy atom. The number of methoxy groups -OCH3 is 1. The highest BCUT2D eigenvalue weighted by Crippen LogP contribution is 2.50. The summed E-state index contributed by atoms with van der Waals surface area (Å²) in [6, 6.07) is 14.8. The van der Waals surface area contributed by atoms with Gasteiger partial charge in [0, 0.05) is 29.2 Å². The van der Waals surface area contributed by atoms with E-state index in [1.165, 1.54) is 19.2 Å². The molecule has 0 aromatic heterocycles. The molecule has 37 heavy (non-hydrogen) atoms. The summed E-state index contributed by atoms with van der Waals surface area (Å²) in [5, 5.41) is 12.1. The number of rotatable bonds is 5. The molecule has 0 bridgehead atoms. The van der Waals surface area contributed by atoms with Crippen LogP contribution in [-0.4, -0.2) is 25.3 Å². The molecule has 192 valence electrons. The fraction of sp³-hybridized carbons (Fsp3) is 0.286. The van der Waals surface area contributed by atoms with Gasteiger partial charge in [0.25, 0.3) is 0 Å². The van der Waals surface area contributed by atoms with Crippen molar-refractivity contribution in [2.75, 3.05) is 13.7 Å². The summed E-state index contributed by atoms with van der Waals surface area (Å²) < 4.78 is 47.4. The Kier molecular flexibility index (Phi) is 7.03. The fourth-order valence-corrected chi connectivity index (χ4v) is 4.65. The Bertz CT molecular complexity index is 1400. The average Bonchev–Trinajstić information content (AvgIpc) is 3.22. The second-order valence-corrected chi connectivity index (χ2v) is 10.0. The Labute approximate surface area is 218 Å². The number of alkyl carbamates (subject to hydrolysis) is 1. The Hall–Kier alpha value is -3.83. The lowest BCUT2D eigenvalue weighted by Gasteiger charge is -2.30. The molecular formula is C28H25ClF2N2O4. The molecule has 0 spiro atoms. The molecule has 3 aromatic carbocycles. The molecule has 1 N–H and O–H groups in total. The number of nitrogens with one attached hydrogen (secondary N) is 1. The van der Waals surface area contributed by atoms with Gasteiger partial charge in [0.15, 0.2) is 17.2 Å². The maximum atomic E-state index is 15.5. The molecule has 4 rings (SSSR count). The van der Waals surface area contributed by atoms with Crippen LogP contribution in [0.3, 0.4) is 0 Å². The summed E-state index contributed by atoms with van der Waals surface area (Å²) >= 11 is 6.41. The Morgan fingerprint density at radius 1 is 1.19 bits per heavy atom. The molecule has 1 aliphatic rings. The van der Waals surface area contributed by atoms with E-state index in [1.54, 1.807) is 32.9 Å². The van der Waals surface area contributed by atoms with Gasteiger partial charge >= 0.3 is 6.09 Å². The number of hydrogen-bond donors (Lipinski definition) is 1. The SMILES string of the molecule is COc1ccc(C#N)c(-c2c(Cl)c(F)cc3c2CC(CNC(=O)OC(C)(C)C)(c2ccccc2)O3)c1F. The van der Waals surface area contributed by atoms with Crippen molar-refractivity contribution < 1.29 is 27.8 Å². The van der Waals surface area contributed by atoms with E-state index in [0.29, 0.717) is 11.1 Å². The number of carbonyl (C=O) groups excluding carboxylic acids is 1. The normalized spacial score (nSPS) is 16.4. The molecular weight excluding hydrogens is 502 g/mol. The van der Waals surface area contributed by atoms with Gasteiger partial charge in [0.2, 0.25) is 0 Å². The van der Waals surface area contributed by atoms with Crippen LogP contribution in [0.1, 0.15) is 37.5 Å². The van der Waals surface area contributed by atoms with Gasteiger partial charge in [-0.25, -0.2) is 13.6 Å². The summed E-state index contributed by atoms with van der Waals surface area (Å²) in [4.78, 5) is 12.5. The number of amides is 1. The first-order valence-corrected chi connectivity index (χ1v) is 11.9. The van der Waals surface area contributed by atoms with Gasteiger partial charge in [-0.3, -0.25) is 0 Å². The van der Waals surface area contributed by atoms with Gasteiger partial charge in [-0.15, -0.1) is 0 Å². The van der Waals surface area contributed by atoms with Crippen molar-refractivity contribution in [2.45, 2.75) is 38.4 Å². The highest BCUT2D eigenvalue weighted by molar-refractivity contribution is 6.34. The van der Waals surface area contributed by atoms with Crippen molar-refractivity contribution in [1.29, 1.82) is 5.26 Å². The van der Waals surface area contributed by atoms with Crippen molar-refractivity contribution in [3.8, 4) is 28.7 Å². The van der Waals surface area contributed by atoms with Gasteiger partial charge in [-0.1, -0.05) is 41.9 Å². The average molecular weight is 527 g/mol. The quantitative estimate of drug-likeness (QED) is 0.409. The predicted molar refractivity (Wildman–Crippen MR) is 135 cm³/mol. The van der Waals surface area contributed by atoms with Crippen LogP contribution >= 0.6 is 11.6 Å². The van der Waals surface area contributed by atoms with E-state index < -0.39 is 28.9 Å². The first kappa shape index (κ1) is 26.2. The second-order valence-electron chi connectivity index (χ2n) is 9.63. The van der Waals surface area contributed by atoms with Crippen LogP contribution in [0.25, 0.3) is 11.1 Å². The third kappa shape index (κ3) is 5.05. The van der Waals surface area contributed by atoms with E-state index in [4.69, 9.17) is 25.8 Å². The van der Waals surface area contributed by atoms with Crippen LogP contribution in [0.2, 0.25) is 5.02 Å². The predicted octanol–water partition coefficient (Wildman–Crippen LogP) is 6.52. The Balaban J connectivity index is 1.87. The number of hydrogen-bond acceptors (Lipinski definition) is 5. The van der Waals surface area contributed by atoms with Crippen LogP contribution in [-0.2, 0) is 16.8 Å². The molecule has 0 saturated heterocycles. The zero-order chi connectivity index (χ0) is 27.0. The van der Waals surface area contributed by atoms with Crippen LogP contribution in [0.15, 0.2) is 48.5 Å². The van der Waals surface area contributed by atoms with E-state index in [0.717, 1.165) is 6.07 Å². The second kappa shape index (κ2) is 9.91. The number of halogens is 3. The lowest BCUT2D eigenvalue weighted by atomic mass is 9.85. The van der Waals surface area contributed by atoms with Gasteiger partial charge in [0.05, 0.1) is 30.3 Å². The lowest BCUT2D eigenvalue weighted by molar-refractivity contribution is 0.0414. The van der Waals surface area contributed by atoms with Crippen LogP contribution in [0.4, 0.5) is 13.6 Å². The first-order valence-electron chi connectivity index (χ1n) is 11.5. The lowest BCUT2D eigenvalue weighted by Crippen LogP contribution is -2.45. The summed E-state index contributed by atoms with van der Waals surface area (Å²) in [5.74, 6) is -1.69. The maximum absolute atomic E-state index is 15.5. The molecule has 0 saturated carbocycles. The minimum Gasteiger partial charge on any atom is -0.494 e. The van der Waals surface area contributed by atoms with Gasteiger partial charge < -0.3 is 19.5 Å². The van der Waals surface area contributed by atoms with E-state index in [9.17, 15) is 10.1 Å². The van der Waals surface area contributed by atoms with E-state index in [1.807, 2.05) is 24.3 Å². The summed E-state index contributed by atoms with van der Waals surface area (Å²) in [6.45, 7) is 5.20. The fourth-order valence-electron chi connectivity index (χ4n) is 4.38. The highest BCUT2D eigenvalue weighted by atomic mass is 35.5. The molecule has 1 amide bonds. The zero-order valence-electron chi connectivity index (χ0n) is 20.7. The van der Waals surface area contributed by atoms with Crippen molar-refractivity contribution in [3.05, 3.63) is 81.9 Å². The van der Waals surface area contributed by atoms with Gasteiger partial charge in [-0.2, -0.15) is 5.26 Å². The van der Waals surface area contributed by atoms with Crippen molar-refractivity contribution in [3.63, 3.8) is 0 Å². The van der Waals surface area contributed by atoms with Gasteiger partial charge in [-0.05, 0) is 38.5 Å². The minimum atomic E-state index is -1.19. The molecule has 1 aliphatic heterocycles. The van der Waals surface area contributed by atoms with Crippen LogP contribution in [0, 0.1) is 23.0 Å². The largest absolute Gasteiger partial charge is 0.494 e. The number of nitriles is 1. The smallest absolute Gasteiger partial charge is 0.407 e. The van der Waals surface area contributed by atoms with Crippen LogP contribution < -0.4 is 14.8 Å². The molecule has 0 aliphatic carbocycles. The number of carbonyl (C=O) groups is 1. The molecule has 6 nitrogen and oxygen atoms in total. The maximum Gasteiger partial charge on any atom is 0.407 e. The zero-order valence-corrected chi connectivity index (χ0v) is 21.5. The summed E-state index contributed by atoms with van der Waals surface area (Å²) in [7, 11) is 1.29. The topological polar surface area (TPSA) is 80.6 Å². The highest BCUT2D eigenvalue weighted by Gasteiger charge is 2.44. The first-order chi connectivity index (χ1) is 17.5. The standard InChI is InChI=1S/C28H25ClF2N2O4/c1-27(2,3)37-26(34)33-15-28(17-8-6-5-7-9-17)13-18-21(36-28)12-19(30)24(29)23(18)22-16(14-32)10-11-20(35-4)25(22)31/h5-12H,13,15H2,1-4H3,(H,33,34). The van der Waals surface area contributed by atoms with Crippen molar-refractivity contribution in [2.24, 2.45) is 0 Å². The van der Waals surface area contributed by atoms with Gasteiger partial charge in [0.1, 0.15) is 17.2 Å². The number of benzene rings is 3. The van der Waals surface area contributed by atoms with E-state index in [-0.39, 0.29) is 46.2 Å². The summed E-state index contributed by atoms with van der Waals surface area (Å²) in [5.41, 5.74) is -1.05.